The molecule has 29 heavy (non-hydrogen) atoms. The zero-order valence-corrected chi connectivity index (χ0v) is 17.8. The Kier molecular flexibility index (Phi) is 30.2. The summed E-state index contributed by atoms with van der Waals surface area (Å²) in [6, 6.07) is 0. The van der Waals surface area contributed by atoms with Gasteiger partial charge in [0.15, 0.2) is 0 Å². The van der Waals surface area contributed by atoms with Crippen LogP contribution in [0, 0.1) is 5.41 Å². The summed E-state index contributed by atoms with van der Waals surface area (Å²) in [5.74, 6) is -2.81. The third-order valence-corrected chi connectivity index (χ3v) is 2.85. The summed E-state index contributed by atoms with van der Waals surface area (Å²) in [4.78, 5) is 28.8. The van der Waals surface area contributed by atoms with Crippen molar-refractivity contribution in [3.8, 4) is 0 Å². The summed E-state index contributed by atoms with van der Waals surface area (Å²) in [5.41, 5.74) is -0.139. The van der Waals surface area contributed by atoms with Crippen LogP contribution in [0.15, 0.2) is 36.5 Å². The van der Waals surface area contributed by atoms with Crippen LogP contribution in [-0.4, -0.2) is 80.6 Å². The second-order valence-electron chi connectivity index (χ2n) is 5.58. The minimum absolute atomic E-state index is 0.156. The molecule has 0 aliphatic heterocycles. The fourth-order valence-electron chi connectivity index (χ4n) is 0.485. The Morgan fingerprint density at radius 1 is 0.655 bits per heavy atom. The minimum Gasteiger partial charge on any atom is -0.478 e. The molecule has 0 amide bonds. The standard InChI is InChI=1S/C6H14O3.3C4H6O2.CH4O/c1-2-6(3-7,4-8)5-9;3*1-3(2)4(5)6;1-2/h7-9H,2-5H2,1H3;3*1H2,2H3,(H,5,6);2H,1H3. The normalized spacial score (nSPS) is 8.59. The molecule has 172 valence electrons. The van der Waals surface area contributed by atoms with Gasteiger partial charge in [0.1, 0.15) is 0 Å². The van der Waals surface area contributed by atoms with Gasteiger partial charge in [-0.2, -0.15) is 0 Å². The molecule has 0 atom stereocenters. The first-order valence-electron chi connectivity index (χ1n) is 8.11. The second-order valence-corrected chi connectivity index (χ2v) is 5.58. The van der Waals surface area contributed by atoms with Crippen molar-refractivity contribution in [3.63, 3.8) is 0 Å². The van der Waals surface area contributed by atoms with Crippen LogP contribution in [0.2, 0.25) is 0 Å². The number of aliphatic hydroxyl groups excluding tert-OH is 4. The van der Waals surface area contributed by atoms with Crippen molar-refractivity contribution in [2.24, 2.45) is 5.41 Å². The van der Waals surface area contributed by atoms with Gasteiger partial charge in [0, 0.05) is 29.2 Å². The van der Waals surface area contributed by atoms with Gasteiger partial charge in [-0.05, 0) is 27.2 Å². The highest BCUT2D eigenvalue weighted by Gasteiger charge is 2.24. The van der Waals surface area contributed by atoms with Crippen LogP contribution in [0.4, 0.5) is 0 Å². The van der Waals surface area contributed by atoms with Crippen LogP contribution in [0.1, 0.15) is 34.1 Å². The summed E-state index contributed by atoms with van der Waals surface area (Å²) in [5, 5.41) is 56.6. The maximum absolute atomic E-state index is 9.60. The molecule has 0 aromatic heterocycles. The highest BCUT2D eigenvalue weighted by Crippen LogP contribution is 2.18. The highest BCUT2D eigenvalue weighted by molar-refractivity contribution is 5.85. The summed E-state index contributed by atoms with van der Waals surface area (Å²) in [6.07, 6.45) is 0.594. The molecule has 0 heterocycles. The number of rotatable bonds is 7. The van der Waals surface area contributed by atoms with Gasteiger partial charge in [0.25, 0.3) is 0 Å². The maximum atomic E-state index is 9.60. The topological polar surface area (TPSA) is 193 Å². The molecule has 0 saturated heterocycles. The third-order valence-electron chi connectivity index (χ3n) is 2.85. The molecule has 0 aliphatic carbocycles. The van der Waals surface area contributed by atoms with Crippen molar-refractivity contribution in [3.05, 3.63) is 36.5 Å². The predicted octanol–water partition coefficient (Wildman–Crippen LogP) is 0.910. The van der Waals surface area contributed by atoms with E-state index < -0.39 is 23.3 Å². The lowest BCUT2D eigenvalue weighted by Gasteiger charge is -2.24. The third kappa shape index (κ3) is 30.4. The lowest BCUT2D eigenvalue weighted by molar-refractivity contribution is -0.133. The van der Waals surface area contributed by atoms with Crippen molar-refractivity contribution in [1.29, 1.82) is 0 Å². The number of carboxylic acids is 3. The number of carbonyl (C=O) groups is 3. The molecule has 7 N–H and O–H groups in total. The molecule has 0 fully saturated rings. The van der Waals surface area contributed by atoms with Gasteiger partial charge in [0.05, 0.1) is 19.8 Å². The zero-order chi connectivity index (χ0) is 24.8. The Labute approximate surface area is 171 Å². The van der Waals surface area contributed by atoms with E-state index >= 15 is 0 Å². The Morgan fingerprint density at radius 3 is 0.793 bits per heavy atom. The quantitative estimate of drug-likeness (QED) is 0.289. The van der Waals surface area contributed by atoms with Crippen molar-refractivity contribution < 1.29 is 50.1 Å². The Morgan fingerprint density at radius 2 is 0.793 bits per heavy atom. The summed E-state index contributed by atoms with van der Waals surface area (Å²) >= 11 is 0. The maximum Gasteiger partial charge on any atom is 0.330 e. The van der Waals surface area contributed by atoms with Gasteiger partial charge in [-0.15, -0.1) is 0 Å². The lowest BCUT2D eigenvalue weighted by Crippen LogP contribution is -2.32. The molecular weight excluding hydrogens is 388 g/mol. The van der Waals surface area contributed by atoms with Crippen LogP contribution >= 0.6 is 0 Å². The fraction of sp³-hybridized carbons (Fsp3) is 0.526. The van der Waals surface area contributed by atoms with Crippen LogP contribution < -0.4 is 0 Å². The Hall–Kier alpha value is -2.53. The van der Waals surface area contributed by atoms with Crippen LogP contribution in [0.3, 0.4) is 0 Å². The highest BCUT2D eigenvalue weighted by atomic mass is 16.4. The number of carboxylic acid groups (broad SMARTS) is 3. The van der Waals surface area contributed by atoms with E-state index in [1.807, 2.05) is 6.92 Å². The summed E-state index contributed by atoms with van der Waals surface area (Å²) < 4.78 is 0. The van der Waals surface area contributed by atoms with E-state index in [9.17, 15) is 14.4 Å². The van der Waals surface area contributed by atoms with Crippen LogP contribution in [-0.2, 0) is 14.4 Å². The molecule has 0 spiro atoms. The minimum atomic E-state index is -0.935. The monoisotopic (exact) mass is 424 g/mol. The molecule has 0 aromatic carbocycles. The summed E-state index contributed by atoms with van der Waals surface area (Å²) in [7, 11) is 1.00. The van der Waals surface area contributed by atoms with Gasteiger partial charge in [0.2, 0.25) is 0 Å². The average molecular weight is 424 g/mol. The molecule has 10 nitrogen and oxygen atoms in total. The number of aliphatic carboxylic acids is 3. The lowest BCUT2D eigenvalue weighted by atomic mass is 9.88. The van der Waals surface area contributed by atoms with Gasteiger partial charge in [-0.1, -0.05) is 26.7 Å². The van der Waals surface area contributed by atoms with Gasteiger partial charge in [-0.25, -0.2) is 14.4 Å². The van der Waals surface area contributed by atoms with E-state index in [0.29, 0.717) is 6.42 Å². The molecule has 0 aliphatic rings. The molecular formula is C19H36O10. The van der Waals surface area contributed by atoms with E-state index in [2.05, 4.69) is 19.7 Å². The molecule has 0 rings (SSSR count). The van der Waals surface area contributed by atoms with Gasteiger partial charge >= 0.3 is 17.9 Å². The van der Waals surface area contributed by atoms with Crippen molar-refractivity contribution in [2.45, 2.75) is 34.1 Å². The van der Waals surface area contributed by atoms with E-state index in [-0.39, 0.29) is 36.5 Å². The van der Waals surface area contributed by atoms with Crippen LogP contribution in [0.5, 0.6) is 0 Å². The first-order chi connectivity index (χ1) is 13.2. The van der Waals surface area contributed by atoms with Gasteiger partial charge < -0.3 is 35.7 Å². The van der Waals surface area contributed by atoms with E-state index in [1.165, 1.54) is 20.8 Å². The Bertz CT molecular complexity index is 395. The summed E-state index contributed by atoms with van der Waals surface area (Å²) in [6.45, 7) is 15.2. The molecule has 0 bridgehead atoms. The van der Waals surface area contributed by atoms with Gasteiger partial charge in [-0.3, -0.25) is 0 Å². The first-order valence-corrected chi connectivity index (χ1v) is 8.11. The molecule has 10 heteroatoms. The SMILES string of the molecule is C=C(C)C(=O)O.C=C(C)C(=O)O.C=C(C)C(=O)O.CCC(CO)(CO)CO.CO. The average Bonchev–Trinajstić information content (AvgIpc) is 2.67. The number of hydrogen-bond donors (Lipinski definition) is 7. The fourth-order valence-corrected chi connectivity index (χ4v) is 0.485. The largest absolute Gasteiger partial charge is 0.478 e. The number of hydrogen-bond acceptors (Lipinski definition) is 7. The van der Waals surface area contributed by atoms with E-state index in [1.54, 1.807) is 0 Å². The smallest absolute Gasteiger partial charge is 0.330 e. The number of aliphatic hydroxyl groups is 4. The van der Waals surface area contributed by atoms with Crippen molar-refractivity contribution in [1.82, 2.24) is 0 Å². The predicted molar refractivity (Wildman–Crippen MR) is 109 cm³/mol. The molecule has 0 aromatic rings. The molecule has 0 saturated carbocycles. The van der Waals surface area contributed by atoms with Crippen LogP contribution in [0.25, 0.3) is 0 Å². The Balaban J connectivity index is -0.0000000871. The van der Waals surface area contributed by atoms with Crippen molar-refractivity contribution >= 4 is 17.9 Å². The second kappa shape index (κ2) is 23.5. The van der Waals surface area contributed by atoms with Crippen molar-refractivity contribution in [2.75, 3.05) is 26.9 Å². The molecule has 0 radical (unpaired) electrons. The molecule has 0 unspecified atom stereocenters. The first kappa shape index (κ1) is 37.3. The van der Waals surface area contributed by atoms with E-state index in [0.717, 1.165) is 7.11 Å². The van der Waals surface area contributed by atoms with E-state index in [4.69, 9.17) is 35.7 Å². The zero-order valence-electron chi connectivity index (χ0n) is 17.8.